The molecule has 0 aliphatic carbocycles. The van der Waals surface area contributed by atoms with Gasteiger partial charge in [-0.25, -0.2) is 9.37 Å². The highest BCUT2D eigenvalue weighted by Crippen LogP contribution is 2.19. The third-order valence-electron chi connectivity index (χ3n) is 3.22. The fourth-order valence-corrected chi connectivity index (χ4v) is 1.99. The Labute approximate surface area is 163 Å². The maximum Gasteiger partial charge on any atom is 0.256 e. The molecule has 2 aromatic rings. The van der Waals surface area contributed by atoms with Gasteiger partial charge in [-0.2, -0.15) is 0 Å². The van der Waals surface area contributed by atoms with Crippen LogP contribution in [0.4, 0.5) is 10.1 Å². The standard InChI is InChI=1S/C16H18FN5O2S.C2H6/c1-10(23)14-8-22(9-21-14)15-4-3-12(5-13(15)17)19-6-11(18)7-20-16(25)24-2;1-2/h3-6,8-9,19H,7,18H2,1-2H3,(H,20,25);1-2H3/b11-6-;. The third kappa shape index (κ3) is 6.70. The number of rotatable bonds is 6. The molecule has 0 unspecified atom stereocenters. The van der Waals surface area contributed by atoms with Crippen LogP contribution in [-0.4, -0.2) is 34.2 Å². The third-order valence-corrected chi connectivity index (χ3v) is 3.53. The summed E-state index contributed by atoms with van der Waals surface area (Å²) in [7, 11) is 1.46. The number of aromatic nitrogens is 2. The molecule has 1 aromatic heterocycles. The van der Waals surface area contributed by atoms with Gasteiger partial charge in [-0.1, -0.05) is 13.8 Å². The minimum absolute atomic E-state index is 0.181. The molecule has 9 heteroatoms. The molecular formula is C18H24FN5O2S. The van der Waals surface area contributed by atoms with E-state index in [0.29, 0.717) is 17.9 Å². The van der Waals surface area contributed by atoms with E-state index in [4.69, 9.17) is 22.7 Å². The zero-order chi connectivity index (χ0) is 20.4. The van der Waals surface area contributed by atoms with E-state index in [1.807, 2.05) is 13.8 Å². The van der Waals surface area contributed by atoms with E-state index in [1.54, 1.807) is 12.1 Å². The first-order valence-electron chi connectivity index (χ1n) is 8.28. The second-order valence-electron chi connectivity index (χ2n) is 5.10. The Morgan fingerprint density at radius 2 is 2.15 bits per heavy atom. The predicted octanol–water partition coefficient (Wildman–Crippen LogP) is 2.97. The number of benzene rings is 1. The Hall–Kier alpha value is -2.94. The maximum atomic E-state index is 14.3. The number of halogens is 1. The molecule has 0 amide bonds. The number of ketones is 1. The molecule has 0 radical (unpaired) electrons. The lowest BCUT2D eigenvalue weighted by Gasteiger charge is -2.09. The Morgan fingerprint density at radius 3 is 2.70 bits per heavy atom. The van der Waals surface area contributed by atoms with Crippen molar-refractivity contribution in [1.29, 1.82) is 0 Å². The molecule has 0 aliphatic heterocycles. The van der Waals surface area contributed by atoms with E-state index < -0.39 is 5.82 Å². The number of nitrogens with one attached hydrogen (secondary N) is 2. The van der Waals surface area contributed by atoms with Crippen LogP contribution < -0.4 is 16.4 Å². The van der Waals surface area contributed by atoms with Crippen LogP contribution in [0.1, 0.15) is 31.3 Å². The number of carbonyl (C=O) groups excluding carboxylic acids is 1. The second-order valence-corrected chi connectivity index (χ2v) is 5.47. The molecule has 2 rings (SSSR count). The van der Waals surface area contributed by atoms with Crippen molar-refractivity contribution in [3.05, 3.63) is 54.1 Å². The van der Waals surface area contributed by atoms with E-state index >= 15 is 0 Å². The Bertz CT molecular complexity index is 820. The number of methoxy groups -OCH3 is 1. The van der Waals surface area contributed by atoms with Crippen LogP contribution in [-0.2, 0) is 4.74 Å². The van der Waals surface area contributed by atoms with Crippen LogP contribution >= 0.6 is 12.2 Å². The summed E-state index contributed by atoms with van der Waals surface area (Å²) in [5.41, 5.74) is 7.34. The second kappa shape index (κ2) is 10.9. The summed E-state index contributed by atoms with van der Waals surface area (Å²) in [5.74, 6) is -0.650. The number of nitrogens with zero attached hydrogens (tertiary/aromatic N) is 2. The molecular weight excluding hydrogens is 369 g/mol. The summed E-state index contributed by atoms with van der Waals surface area (Å²) in [6.07, 6.45) is 4.41. The van der Waals surface area contributed by atoms with Gasteiger partial charge in [0.25, 0.3) is 5.17 Å². The van der Waals surface area contributed by atoms with Crippen LogP contribution in [0.15, 0.2) is 42.6 Å². The lowest BCUT2D eigenvalue weighted by molar-refractivity contribution is 0.101. The first kappa shape index (κ1) is 22.1. The van der Waals surface area contributed by atoms with E-state index in [2.05, 4.69) is 15.6 Å². The van der Waals surface area contributed by atoms with Gasteiger partial charge in [0.1, 0.15) is 17.8 Å². The van der Waals surface area contributed by atoms with Crippen molar-refractivity contribution in [3.8, 4) is 5.69 Å². The normalized spacial score (nSPS) is 10.5. The fourth-order valence-electron chi connectivity index (χ4n) is 1.92. The maximum absolute atomic E-state index is 14.3. The average Bonchev–Trinajstić information content (AvgIpc) is 3.16. The van der Waals surface area contributed by atoms with Gasteiger partial charge in [0.05, 0.1) is 19.3 Å². The topological polar surface area (TPSA) is 94.2 Å². The predicted molar refractivity (Wildman–Crippen MR) is 108 cm³/mol. The van der Waals surface area contributed by atoms with Gasteiger partial charge in [-0.15, -0.1) is 0 Å². The monoisotopic (exact) mass is 393 g/mol. The average molecular weight is 393 g/mol. The van der Waals surface area contributed by atoms with Gasteiger partial charge in [-0.05, 0) is 30.4 Å². The van der Waals surface area contributed by atoms with E-state index in [-0.39, 0.29) is 22.3 Å². The van der Waals surface area contributed by atoms with Crippen molar-refractivity contribution in [2.45, 2.75) is 20.8 Å². The molecule has 146 valence electrons. The largest absolute Gasteiger partial charge is 0.474 e. The van der Waals surface area contributed by atoms with Gasteiger partial charge in [0.2, 0.25) is 0 Å². The highest BCUT2D eigenvalue weighted by atomic mass is 32.1. The molecule has 0 atom stereocenters. The number of imidazole rings is 1. The minimum Gasteiger partial charge on any atom is -0.474 e. The number of ether oxygens (including phenoxy) is 1. The highest BCUT2D eigenvalue weighted by Gasteiger charge is 2.09. The number of nitrogens with two attached hydrogens (primary N) is 1. The zero-order valence-electron chi connectivity index (χ0n) is 15.7. The Kier molecular flexibility index (Phi) is 8.94. The van der Waals surface area contributed by atoms with Crippen molar-refractivity contribution < 1.29 is 13.9 Å². The fraction of sp³-hybridized carbons (Fsp3) is 0.278. The highest BCUT2D eigenvalue weighted by molar-refractivity contribution is 7.80. The van der Waals surface area contributed by atoms with Crippen molar-refractivity contribution in [2.24, 2.45) is 5.73 Å². The van der Waals surface area contributed by atoms with Crippen LogP contribution in [0.2, 0.25) is 0 Å². The Balaban J connectivity index is 0.00000176. The first-order chi connectivity index (χ1) is 12.9. The van der Waals surface area contributed by atoms with Gasteiger partial charge < -0.3 is 25.7 Å². The van der Waals surface area contributed by atoms with Crippen molar-refractivity contribution in [3.63, 3.8) is 0 Å². The smallest absolute Gasteiger partial charge is 0.256 e. The van der Waals surface area contributed by atoms with Gasteiger partial charge in [0, 0.05) is 30.7 Å². The molecule has 0 saturated heterocycles. The van der Waals surface area contributed by atoms with Gasteiger partial charge in [-0.3, -0.25) is 4.79 Å². The minimum atomic E-state index is -0.469. The van der Waals surface area contributed by atoms with Gasteiger partial charge in [0.15, 0.2) is 5.78 Å². The summed E-state index contributed by atoms with van der Waals surface area (Å²) in [5, 5.41) is 5.92. The van der Waals surface area contributed by atoms with Crippen LogP contribution in [0.5, 0.6) is 0 Å². The van der Waals surface area contributed by atoms with Crippen molar-refractivity contribution in [2.75, 3.05) is 19.0 Å². The van der Waals surface area contributed by atoms with Gasteiger partial charge >= 0.3 is 0 Å². The van der Waals surface area contributed by atoms with E-state index in [0.717, 1.165) is 0 Å². The summed E-state index contributed by atoms with van der Waals surface area (Å²) in [6, 6.07) is 4.58. The number of Topliss-reactive ketones (excluding diaryl/α,β-unsaturated/α-hetero) is 1. The lowest BCUT2D eigenvalue weighted by atomic mass is 10.2. The summed E-state index contributed by atoms with van der Waals surface area (Å²) >= 11 is 4.83. The summed E-state index contributed by atoms with van der Waals surface area (Å²) in [4.78, 5) is 15.2. The molecule has 0 saturated carbocycles. The molecule has 1 aromatic carbocycles. The van der Waals surface area contributed by atoms with Crippen molar-refractivity contribution >= 4 is 28.9 Å². The summed E-state index contributed by atoms with van der Waals surface area (Å²) < 4.78 is 20.5. The molecule has 1 heterocycles. The van der Waals surface area contributed by atoms with E-state index in [1.165, 1.54) is 43.4 Å². The molecule has 0 spiro atoms. The van der Waals surface area contributed by atoms with E-state index in [9.17, 15) is 9.18 Å². The number of carbonyl (C=O) groups is 1. The molecule has 0 aliphatic rings. The SMILES string of the molecule is CC.COC(=S)NC/C(N)=C/Nc1ccc(-n2cnc(C(C)=O)c2)c(F)c1. The Morgan fingerprint density at radius 1 is 1.44 bits per heavy atom. The van der Waals surface area contributed by atoms with Crippen LogP contribution in [0, 0.1) is 5.82 Å². The molecule has 0 bridgehead atoms. The molecule has 7 nitrogen and oxygen atoms in total. The van der Waals surface area contributed by atoms with Crippen LogP contribution in [0.3, 0.4) is 0 Å². The zero-order valence-corrected chi connectivity index (χ0v) is 16.6. The quantitative estimate of drug-likeness (QED) is 0.513. The van der Waals surface area contributed by atoms with Crippen LogP contribution in [0.25, 0.3) is 5.69 Å². The number of hydrogen-bond acceptors (Lipinski definition) is 6. The molecule has 4 N–H and O–H groups in total. The molecule has 27 heavy (non-hydrogen) atoms. The number of anilines is 1. The first-order valence-corrected chi connectivity index (χ1v) is 8.69. The van der Waals surface area contributed by atoms with Crippen molar-refractivity contribution in [1.82, 2.24) is 14.9 Å². The number of hydrogen-bond donors (Lipinski definition) is 3. The molecule has 0 fully saturated rings. The summed E-state index contributed by atoms with van der Waals surface area (Å²) in [6.45, 7) is 5.70. The lowest BCUT2D eigenvalue weighted by Crippen LogP contribution is -2.27. The number of thiocarbonyl (C=S) groups is 1.